The van der Waals surface area contributed by atoms with Crippen LogP contribution in [0.15, 0.2) is 41.3 Å². The monoisotopic (exact) mass is 450 g/mol. The number of hydrogen-bond donors (Lipinski definition) is 0. The molecule has 10 heteroatoms. The maximum Gasteiger partial charge on any atom is 0.254 e. The first-order chi connectivity index (χ1) is 14.9. The third-order valence-electron chi connectivity index (χ3n) is 5.28. The van der Waals surface area contributed by atoms with Gasteiger partial charge in [0.05, 0.1) is 25.2 Å². The fraction of sp³-hybridized carbons (Fsp3) is 0.381. The molecule has 0 bridgehead atoms. The summed E-state index contributed by atoms with van der Waals surface area (Å²) >= 11 is 0. The fourth-order valence-electron chi connectivity index (χ4n) is 3.57. The van der Waals surface area contributed by atoms with Crippen molar-refractivity contribution in [3.8, 4) is 17.2 Å². The van der Waals surface area contributed by atoms with Gasteiger partial charge in [0, 0.05) is 44.2 Å². The average Bonchev–Trinajstić information content (AvgIpc) is 3.03. The Kier molecular flexibility index (Phi) is 6.01. The quantitative estimate of drug-likeness (QED) is 0.710. The van der Waals surface area contributed by atoms with Gasteiger partial charge in [-0.25, -0.2) is 12.8 Å². The van der Waals surface area contributed by atoms with E-state index in [1.54, 1.807) is 6.07 Å². The molecule has 2 aromatic rings. The molecule has 2 aromatic carbocycles. The number of hydrogen-bond acceptors (Lipinski definition) is 6. The van der Waals surface area contributed by atoms with Crippen molar-refractivity contribution in [1.82, 2.24) is 9.21 Å². The fourth-order valence-corrected chi connectivity index (χ4v) is 5.00. The van der Waals surface area contributed by atoms with E-state index in [1.807, 2.05) is 0 Å². The number of carbonyl (C=O) groups is 1. The summed E-state index contributed by atoms with van der Waals surface area (Å²) < 4.78 is 57.5. The number of ether oxygens (including phenoxy) is 3. The number of benzene rings is 2. The second-order valence-corrected chi connectivity index (χ2v) is 9.14. The summed E-state index contributed by atoms with van der Waals surface area (Å²) in [5, 5.41) is 0. The van der Waals surface area contributed by atoms with Crippen LogP contribution in [0.5, 0.6) is 17.2 Å². The minimum absolute atomic E-state index is 0.0580. The van der Waals surface area contributed by atoms with E-state index >= 15 is 0 Å². The molecule has 0 unspecified atom stereocenters. The minimum atomic E-state index is -3.75. The van der Waals surface area contributed by atoms with Crippen molar-refractivity contribution in [2.45, 2.75) is 11.3 Å². The van der Waals surface area contributed by atoms with Crippen LogP contribution < -0.4 is 14.2 Å². The zero-order chi connectivity index (χ0) is 22.0. The lowest BCUT2D eigenvalue weighted by Gasteiger charge is -2.34. The number of rotatable bonds is 4. The van der Waals surface area contributed by atoms with Gasteiger partial charge in [-0.1, -0.05) is 0 Å². The molecule has 2 heterocycles. The highest BCUT2D eigenvalue weighted by molar-refractivity contribution is 7.89. The summed E-state index contributed by atoms with van der Waals surface area (Å²) in [6.45, 7) is 1.67. The van der Waals surface area contributed by atoms with E-state index < -0.39 is 15.8 Å². The van der Waals surface area contributed by atoms with E-state index in [2.05, 4.69) is 0 Å². The Labute approximate surface area is 180 Å². The SMILES string of the molecule is COc1ccc(C(=O)N2CCN(S(=O)(=O)c3ccc4c(c3)OCCCO4)CC2)cc1F. The first-order valence-electron chi connectivity index (χ1n) is 9.93. The minimum Gasteiger partial charge on any atom is -0.494 e. The number of sulfonamides is 1. The molecular weight excluding hydrogens is 427 g/mol. The van der Waals surface area contributed by atoms with Gasteiger partial charge in [-0.05, 0) is 30.3 Å². The van der Waals surface area contributed by atoms with Crippen molar-refractivity contribution in [1.29, 1.82) is 0 Å². The summed E-state index contributed by atoms with van der Waals surface area (Å²) in [5.74, 6) is 0.0215. The molecule has 0 aliphatic carbocycles. The molecule has 8 nitrogen and oxygen atoms in total. The van der Waals surface area contributed by atoms with Crippen LogP contribution in [-0.2, 0) is 10.0 Å². The Bertz CT molecular complexity index is 1080. The Morgan fingerprint density at radius 1 is 1.00 bits per heavy atom. The van der Waals surface area contributed by atoms with Gasteiger partial charge in [0.15, 0.2) is 23.1 Å². The van der Waals surface area contributed by atoms with E-state index in [1.165, 1.54) is 40.6 Å². The number of nitrogens with zero attached hydrogens (tertiary/aromatic N) is 2. The Morgan fingerprint density at radius 2 is 1.71 bits per heavy atom. The molecule has 0 spiro atoms. The van der Waals surface area contributed by atoms with Gasteiger partial charge in [0.1, 0.15) is 0 Å². The third-order valence-corrected chi connectivity index (χ3v) is 7.18. The first-order valence-corrected chi connectivity index (χ1v) is 11.4. The van der Waals surface area contributed by atoms with Crippen molar-refractivity contribution < 1.29 is 31.8 Å². The second-order valence-electron chi connectivity index (χ2n) is 7.20. The van der Waals surface area contributed by atoms with Crippen molar-refractivity contribution in [3.05, 3.63) is 47.8 Å². The molecule has 166 valence electrons. The lowest BCUT2D eigenvalue weighted by atomic mass is 10.1. The molecule has 1 saturated heterocycles. The molecule has 31 heavy (non-hydrogen) atoms. The molecule has 0 saturated carbocycles. The molecule has 0 N–H and O–H groups in total. The van der Waals surface area contributed by atoms with Crippen LogP contribution in [0.4, 0.5) is 4.39 Å². The lowest BCUT2D eigenvalue weighted by Crippen LogP contribution is -2.50. The van der Waals surface area contributed by atoms with E-state index in [-0.39, 0.29) is 48.3 Å². The molecule has 1 amide bonds. The van der Waals surface area contributed by atoms with Crippen molar-refractivity contribution in [2.24, 2.45) is 0 Å². The van der Waals surface area contributed by atoms with Crippen LogP contribution in [0, 0.1) is 5.82 Å². The Morgan fingerprint density at radius 3 is 2.39 bits per heavy atom. The summed E-state index contributed by atoms with van der Waals surface area (Å²) in [6, 6.07) is 8.60. The highest BCUT2D eigenvalue weighted by Gasteiger charge is 2.31. The standard InChI is InChI=1S/C21H23FN2O6S/c1-28-18-5-3-15(13-17(18)22)21(25)23-7-9-24(10-8-23)31(26,27)16-4-6-19-20(14-16)30-12-2-11-29-19/h3-6,13-14H,2,7-12H2,1H3. The van der Waals surface area contributed by atoms with Crippen molar-refractivity contribution in [3.63, 3.8) is 0 Å². The van der Waals surface area contributed by atoms with Crippen molar-refractivity contribution in [2.75, 3.05) is 46.5 Å². The molecule has 2 aliphatic rings. The number of fused-ring (bicyclic) bond motifs is 1. The molecule has 1 fully saturated rings. The molecule has 0 radical (unpaired) electrons. The van der Waals surface area contributed by atoms with Gasteiger partial charge in [-0.3, -0.25) is 4.79 Å². The van der Waals surface area contributed by atoms with Gasteiger partial charge in [-0.15, -0.1) is 0 Å². The molecule has 4 rings (SSSR count). The van der Waals surface area contributed by atoms with E-state index in [0.717, 1.165) is 12.5 Å². The summed E-state index contributed by atoms with van der Waals surface area (Å²) in [7, 11) is -2.40. The van der Waals surface area contributed by atoms with Crippen molar-refractivity contribution >= 4 is 15.9 Å². The second kappa shape index (κ2) is 8.72. The van der Waals surface area contributed by atoms with Gasteiger partial charge in [0.2, 0.25) is 10.0 Å². The predicted octanol–water partition coefficient (Wildman–Crippen LogP) is 2.14. The highest BCUT2D eigenvalue weighted by Crippen LogP contribution is 2.33. The summed E-state index contributed by atoms with van der Waals surface area (Å²) in [6.07, 6.45) is 0.727. The molecule has 0 aromatic heterocycles. The van der Waals surface area contributed by atoms with Crippen LogP contribution in [0.2, 0.25) is 0 Å². The maximum atomic E-state index is 13.9. The number of carbonyl (C=O) groups excluding carboxylic acids is 1. The molecule has 0 atom stereocenters. The Hall–Kier alpha value is -2.85. The first kappa shape index (κ1) is 21.4. The average molecular weight is 450 g/mol. The Balaban J connectivity index is 1.45. The smallest absolute Gasteiger partial charge is 0.254 e. The summed E-state index contributed by atoms with van der Waals surface area (Å²) in [4.78, 5) is 14.3. The van der Waals surface area contributed by atoms with Crippen LogP contribution in [0.1, 0.15) is 16.8 Å². The van der Waals surface area contributed by atoms with Gasteiger partial charge >= 0.3 is 0 Å². The van der Waals surface area contributed by atoms with Gasteiger partial charge in [0.25, 0.3) is 5.91 Å². The topological polar surface area (TPSA) is 85.4 Å². The number of amides is 1. The zero-order valence-electron chi connectivity index (χ0n) is 17.0. The van der Waals surface area contributed by atoms with Gasteiger partial charge < -0.3 is 19.1 Å². The predicted molar refractivity (Wildman–Crippen MR) is 110 cm³/mol. The largest absolute Gasteiger partial charge is 0.494 e. The van der Waals surface area contributed by atoms with Crippen LogP contribution in [0.25, 0.3) is 0 Å². The van der Waals surface area contributed by atoms with E-state index in [0.29, 0.717) is 24.7 Å². The number of halogens is 1. The number of piperazine rings is 1. The maximum absolute atomic E-state index is 13.9. The molecule has 2 aliphatic heterocycles. The van der Waals surface area contributed by atoms with Gasteiger partial charge in [-0.2, -0.15) is 4.31 Å². The summed E-state index contributed by atoms with van der Waals surface area (Å²) in [5.41, 5.74) is 0.192. The number of methoxy groups -OCH3 is 1. The van der Waals surface area contributed by atoms with Crippen LogP contribution in [0.3, 0.4) is 0 Å². The van der Waals surface area contributed by atoms with E-state index in [4.69, 9.17) is 14.2 Å². The highest BCUT2D eigenvalue weighted by atomic mass is 32.2. The normalized spacial score (nSPS) is 17.2. The molecular formula is C21H23FN2O6S. The van der Waals surface area contributed by atoms with Crippen LogP contribution >= 0.6 is 0 Å². The lowest BCUT2D eigenvalue weighted by molar-refractivity contribution is 0.0697. The van der Waals surface area contributed by atoms with E-state index in [9.17, 15) is 17.6 Å². The zero-order valence-corrected chi connectivity index (χ0v) is 17.9. The third kappa shape index (κ3) is 4.31. The van der Waals surface area contributed by atoms with Crippen LogP contribution in [-0.4, -0.2) is 70.0 Å².